The Bertz CT molecular complexity index is 380. The normalized spacial score (nSPS) is 30.5. The number of allylic oxidation sites excluding steroid dienone is 4. The fraction of sp³-hybridized carbons (Fsp3) is 0.667. The number of hydrogen-bond acceptors (Lipinski definition) is 1. The summed E-state index contributed by atoms with van der Waals surface area (Å²) in [7, 11) is 0. The highest BCUT2D eigenvalue weighted by atomic mass is 16.1. The molecule has 0 aromatic heterocycles. The van der Waals surface area contributed by atoms with Crippen LogP contribution in [0.1, 0.15) is 53.4 Å². The minimum Gasteiger partial charge on any atom is -0.295 e. The molecular formula is C15H22O. The largest absolute Gasteiger partial charge is 0.295 e. The second-order valence-electron chi connectivity index (χ2n) is 5.67. The molecule has 2 aliphatic rings. The maximum atomic E-state index is 12.1. The van der Waals surface area contributed by atoms with Crippen molar-refractivity contribution in [3.05, 3.63) is 22.3 Å². The van der Waals surface area contributed by atoms with Gasteiger partial charge in [0.15, 0.2) is 5.78 Å². The third kappa shape index (κ3) is 1.88. The Hall–Kier alpha value is -0.850. The summed E-state index contributed by atoms with van der Waals surface area (Å²) in [6, 6.07) is 0. The topological polar surface area (TPSA) is 17.1 Å². The van der Waals surface area contributed by atoms with Gasteiger partial charge in [0.05, 0.1) is 0 Å². The lowest BCUT2D eigenvalue weighted by atomic mass is 9.93. The number of ketones is 1. The van der Waals surface area contributed by atoms with E-state index in [4.69, 9.17) is 0 Å². The summed E-state index contributed by atoms with van der Waals surface area (Å²) in [5.74, 6) is 1.55. The molecule has 0 unspecified atom stereocenters. The standard InChI is InChI=1S/C15H22O/c1-9(2)13-8-14-10(3)5-6-12(14)11(4)7-15(13)16/h10-11H,5-8H2,1-4H3/t10-,11-/m1/s1. The Labute approximate surface area is 98.6 Å². The van der Waals surface area contributed by atoms with E-state index in [0.717, 1.165) is 18.4 Å². The Morgan fingerprint density at radius 1 is 1.12 bits per heavy atom. The quantitative estimate of drug-likeness (QED) is 0.443. The number of rotatable bonds is 0. The third-order valence-corrected chi connectivity index (χ3v) is 4.25. The average Bonchev–Trinajstić information content (AvgIpc) is 2.49. The summed E-state index contributed by atoms with van der Waals surface area (Å²) >= 11 is 0. The first kappa shape index (κ1) is 11.6. The van der Waals surface area contributed by atoms with Gasteiger partial charge >= 0.3 is 0 Å². The lowest BCUT2D eigenvalue weighted by Gasteiger charge is -2.11. The van der Waals surface area contributed by atoms with Gasteiger partial charge in [-0.1, -0.05) is 30.6 Å². The number of Topliss-reactive ketones (excluding diaryl/α,β-unsaturated/α-hetero) is 1. The van der Waals surface area contributed by atoms with Crippen molar-refractivity contribution in [3.63, 3.8) is 0 Å². The maximum absolute atomic E-state index is 12.1. The van der Waals surface area contributed by atoms with Gasteiger partial charge in [-0.05, 0) is 50.5 Å². The molecule has 0 aliphatic heterocycles. The molecule has 0 saturated carbocycles. The van der Waals surface area contributed by atoms with Crippen molar-refractivity contribution < 1.29 is 4.79 Å². The molecule has 0 spiro atoms. The lowest BCUT2D eigenvalue weighted by Crippen LogP contribution is -2.08. The van der Waals surface area contributed by atoms with E-state index in [2.05, 4.69) is 27.7 Å². The molecular weight excluding hydrogens is 196 g/mol. The molecule has 16 heavy (non-hydrogen) atoms. The smallest absolute Gasteiger partial charge is 0.159 e. The zero-order valence-electron chi connectivity index (χ0n) is 10.9. The molecule has 0 radical (unpaired) electrons. The van der Waals surface area contributed by atoms with E-state index in [1.807, 2.05) is 0 Å². The first-order valence-corrected chi connectivity index (χ1v) is 6.42. The van der Waals surface area contributed by atoms with E-state index in [0.29, 0.717) is 17.6 Å². The van der Waals surface area contributed by atoms with Crippen LogP contribution in [0.2, 0.25) is 0 Å². The molecule has 0 saturated heterocycles. The Balaban J connectivity index is 2.41. The summed E-state index contributed by atoms with van der Waals surface area (Å²) in [6.45, 7) is 8.68. The van der Waals surface area contributed by atoms with Crippen molar-refractivity contribution in [2.45, 2.75) is 53.4 Å². The molecule has 88 valence electrons. The van der Waals surface area contributed by atoms with Crippen LogP contribution in [0, 0.1) is 11.8 Å². The number of hydrogen-bond donors (Lipinski definition) is 0. The van der Waals surface area contributed by atoms with Crippen LogP contribution in [0.4, 0.5) is 0 Å². The highest BCUT2D eigenvalue weighted by Gasteiger charge is 2.31. The van der Waals surface area contributed by atoms with Crippen molar-refractivity contribution in [1.29, 1.82) is 0 Å². The van der Waals surface area contributed by atoms with Crippen LogP contribution in [0.5, 0.6) is 0 Å². The van der Waals surface area contributed by atoms with Gasteiger partial charge in [-0.25, -0.2) is 0 Å². The molecule has 0 aromatic rings. The third-order valence-electron chi connectivity index (χ3n) is 4.25. The van der Waals surface area contributed by atoms with Crippen LogP contribution < -0.4 is 0 Å². The summed E-state index contributed by atoms with van der Waals surface area (Å²) in [5, 5.41) is 0. The van der Waals surface area contributed by atoms with E-state index in [1.165, 1.54) is 18.4 Å². The minimum atomic E-state index is 0.383. The molecule has 2 rings (SSSR count). The van der Waals surface area contributed by atoms with Gasteiger partial charge in [0.2, 0.25) is 0 Å². The molecule has 1 nitrogen and oxygen atoms in total. The van der Waals surface area contributed by atoms with Crippen LogP contribution in [-0.2, 0) is 4.79 Å². The van der Waals surface area contributed by atoms with Gasteiger partial charge in [-0.15, -0.1) is 0 Å². The highest BCUT2D eigenvalue weighted by Crippen LogP contribution is 2.43. The van der Waals surface area contributed by atoms with Gasteiger partial charge in [-0.3, -0.25) is 4.79 Å². The minimum absolute atomic E-state index is 0.383. The maximum Gasteiger partial charge on any atom is 0.159 e. The summed E-state index contributed by atoms with van der Waals surface area (Å²) < 4.78 is 0. The van der Waals surface area contributed by atoms with Crippen LogP contribution in [0.3, 0.4) is 0 Å². The monoisotopic (exact) mass is 218 g/mol. The van der Waals surface area contributed by atoms with Gasteiger partial charge in [-0.2, -0.15) is 0 Å². The van der Waals surface area contributed by atoms with Crippen molar-refractivity contribution in [2.75, 3.05) is 0 Å². The van der Waals surface area contributed by atoms with Gasteiger partial charge in [0.1, 0.15) is 0 Å². The van der Waals surface area contributed by atoms with E-state index in [9.17, 15) is 4.79 Å². The number of carbonyl (C=O) groups excluding carboxylic acids is 1. The van der Waals surface area contributed by atoms with E-state index in [-0.39, 0.29) is 0 Å². The summed E-state index contributed by atoms with van der Waals surface area (Å²) in [4.78, 5) is 12.1. The zero-order valence-corrected chi connectivity index (χ0v) is 10.9. The summed E-state index contributed by atoms with van der Waals surface area (Å²) in [5.41, 5.74) is 5.47. The van der Waals surface area contributed by atoms with Gasteiger partial charge in [0.25, 0.3) is 0 Å². The first-order valence-electron chi connectivity index (χ1n) is 6.42. The van der Waals surface area contributed by atoms with E-state index < -0.39 is 0 Å². The molecule has 0 aromatic carbocycles. The molecule has 0 fully saturated rings. The van der Waals surface area contributed by atoms with Crippen molar-refractivity contribution in [2.24, 2.45) is 11.8 Å². The predicted molar refractivity (Wildman–Crippen MR) is 67.2 cm³/mol. The molecule has 1 heteroatoms. The SMILES string of the molecule is CC(C)=C1CC2=C(CC[C@H]2C)[C@H](C)CC1=O. The van der Waals surface area contributed by atoms with Crippen LogP contribution in [0.15, 0.2) is 22.3 Å². The fourth-order valence-corrected chi connectivity index (χ4v) is 3.14. The average molecular weight is 218 g/mol. The van der Waals surface area contributed by atoms with Crippen LogP contribution in [-0.4, -0.2) is 5.78 Å². The number of carbonyl (C=O) groups is 1. The molecule has 0 N–H and O–H groups in total. The van der Waals surface area contributed by atoms with Crippen molar-refractivity contribution >= 4 is 5.78 Å². The Morgan fingerprint density at radius 3 is 2.44 bits per heavy atom. The van der Waals surface area contributed by atoms with E-state index >= 15 is 0 Å². The molecule has 2 aliphatic carbocycles. The zero-order chi connectivity index (χ0) is 11.9. The summed E-state index contributed by atoms with van der Waals surface area (Å²) in [6.07, 6.45) is 4.17. The second-order valence-corrected chi connectivity index (χ2v) is 5.67. The van der Waals surface area contributed by atoms with Crippen LogP contribution >= 0.6 is 0 Å². The van der Waals surface area contributed by atoms with Crippen molar-refractivity contribution in [3.8, 4) is 0 Å². The first-order chi connectivity index (χ1) is 7.50. The molecule has 0 heterocycles. The fourth-order valence-electron chi connectivity index (χ4n) is 3.14. The lowest BCUT2D eigenvalue weighted by molar-refractivity contribution is -0.116. The Morgan fingerprint density at radius 2 is 1.81 bits per heavy atom. The van der Waals surface area contributed by atoms with Crippen LogP contribution in [0.25, 0.3) is 0 Å². The van der Waals surface area contributed by atoms with Gasteiger partial charge < -0.3 is 0 Å². The molecule has 0 bridgehead atoms. The van der Waals surface area contributed by atoms with E-state index in [1.54, 1.807) is 11.1 Å². The molecule has 0 amide bonds. The van der Waals surface area contributed by atoms with Crippen molar-refractivity contribution in [1.82, 2.24) is 0 Å². The highest BCUT2D eigenvalue weighted by molar-refractivity contribution is 5.97. The van der Waals surface area contributed by atoms with Gasteiger partial charge in [0, 0.05) is 6.42 Å². The Kier molecular flexibility index (Phi) is 3.05. The second kappa shape index (κ2) is 4.20. The molecule has 2 atom stereocenters. The predicted octanol–water partition coefficient (Wildman–Crippen LogP) is 4.05.